The number of hydrogen-bond acceptors (Lipinski definition) is 3. The Balaban J connectivity index is 2.08. The van der Waals surface area contributed by atoms with E-state index >= 15 is 0 Å². The van der Waals surface area contributed by atoms with Crippen LogP contribution in [0, 0.1) is 5.82 Å². The van der Waals surface area contributed by atoms with Crippen molar-refractivity contribution in [2.24, 2.45) is 0 Å². The minimum absolute atomic E-state index is 0.0900. The molecular formula is C16H13ClFNO3. The molecule has 0 bridgehead atoms. The Morgan fingerprint density at radius 3 is 2.64 bits per heavy atom. The van der Waals surface area contributed by atoms with E-state index in [1.807, 2.05) is 0 Å². The van der Waals surface area contributed by atoms with Gasteiger partial charge < -0.3 is 10.1 Å². The van der Waals surface area contributed by atoms with E-state index < -0.39 is 11.8 Å². The van der Waals surface area contributed by atoms with Crippen molar-refractivity contribution in [3.05, 3.63) is 58.9 Å². The van der Waals surface area contributed by atoms with Crippen LogP contribution < -0.4 is 10.1 Å². The zero-order valence-corrected chi connectivity index (χ0v) is 12.5. The molecule has 22 heavy (non-hydrogen) atoms. The maximum absolute atomic E-state index is 13.6. The topological polar surface area (TPSA) is 55.4 Å². The number of nitrogens with one attached hydrogen (secondary N) is 1. The largest absolute Gasteiger partial charge is 0.426 e. The Bertz CT molecular complexity index is 698. The van der Waals surface area contributed by atoms with Crippen LogP contribution in [-0.2, 0) is 16.0 Å². The van der Waals surface area contributed by atoms with Gasteiger partial charge in [0.1, 0.15) is 11.6 Å². The number of ether oxygens (including phenoxy) is 1. The van der Waals surface area contributed by atoms with Gasteiger partial charge in [0.15, 0.2) is 0 Å². The summed E-state index contributed by atoms with van der Waals surface area (Å²) in [5, 5.41) is 2.75. The molecule has 0 saturated carbocycles. The second-order valence-corrected chi connectivity index (χ2v) is 4.97. The first kappa shape index (κ1) is 16.0. The Hall–Kier alpha value is -2.40. The van der Waals surface area contributed by atoms with Crippen molar-refractivity contribution in [1.29, 1.82) is 0 Å². The minimum atomic E-state index is -0.646. The molecule has 1 amide bonds. The smallest absolute Gasteiger partial charge is 0.315 e. The molecule has 1 N–H and O–H groups in total. The van der Waals surface area contributed by atoms with Crippen molar-refractivity contribution in [1.82, 2.24) is 0 Å². The maximum atomic E-state index is 13.6. The SMILES string of the molecule is CC(=O)Nc1cccc(OC(=O)Cc2c(F)cccc2Cl)c1. The van der Waals surface area contributed by atoms with Gasteiger partial charge in [0.05, 0.1) is 6.42 Å². The lowest BCUT2D eigenvalue weighted by molar-refractivity contribution is -0.133. The van der Waals surface area contributed by atoms with E-state index in [-0.39, 0.29) is 28.7 Å². The highest BCUT2D eigenvalue weighted by molar-refractivity contribution is 6.31. The molecule has 0 spiro atoms. The van der Waals surface area contributed by atoms with Crippen LogP contribution in [0.3, 0.4) is 0 Å². The van der Waals surface area contributed by atoms with Crippen molar-refractivity contribution < 1.29 is 18.7 Å². The van der Waals surface area contributed by atoms with E-state index in [0.717, 1.165) is 0 Å². The number of hydrogen-bond donors (Lipinski definition) is 1. The predicted molar refractivity (Wildman–Crippen MR) is 81.5 cm³/mol. The molecule has 2 aromatic rings. The second-order valence-electron chi connectivity index (χ2n) is 4.56. The van der Waals surface area contributed by atoms with Crippen LogP contribution in [0.25, 0.3) is 0 Å². The molecule has 0 aromatic heterocycles. The second kappa shape index (κ2) is 7.04. The van der Waals surface area contributed by atoms with Gasteiger partial charge in [0, 0.05) is 29.3 Å². The lowest BCUT2D eigenvalue weighted by Crippen LogP contribution is -2.13. The molecule has 0 aliphatic heterocycles. The molecule has 0 atom stereocenters. The highest BCUT2D eigenvalue weighted by Crippen LogP contribution is 2.21. The Morgan fingerprint density at radius 2 is 1.95 bits per heavy atom. The van der Waals surface area contributed by atoms with Crippen molar-refractivity contribution in [2.75, 3.05) is 5.32 Å². The fraction of sp³-hybridized carbons (Fsp3) is 0.125. The van der Waals surface area contributed by atoms with Gasteiger partial charge in [-0.05, 0) is 24.3 Å². The minimum Gasteiger partial charge on any atom is -0.426 e. The number of esters is 1. The average molecular weight is 322 g/mol. The number of rotatable bonds is 4. The number of carbonyl (C=O) groups excluding carboxylic acids is 2. The number of anilines is 1. The van der Waals surface area contributed by atoms with Crippen molar-refractivity contribution >= 4 is 29.2 Å². The molecule has 2 rings (SSSR count). The molecule has 0 aliphatic carbocycles. The Kier molecular flexibility index (Phi) is 5.12. The quantitative estimate of drug-likeness (QED) is 0.691. The predicted octanol–water partition coefficient (Wildman–Crippen LogP) is 3.59. The van der Waals surface area contributed by atoms with E-state index in [1.165, 1.54) is 31.2 Å². The summed E-state index contributed by atoms with van der Waals surface area (Å²) in [5.74, 6) is -1.19. The van der Waals surface area contributed by atoms with Crippen molar-refractivity contribution in [3.8, 4) is 5.75 Å². The van der Waals surface area contributed by atoms with Crippen LogP contribution in [0.4, 0.5) is 10.1 Å². The number of benzene rings is 2. The highest BCUT2D eigenvalue weighted by Gasteiger charge is 2.13. The molecule has 0 aliphatic rings. The number of halogens is 2. The summed E-state index contributed by atoms with van der Waals surface area (Å²) in [5.41, 5.74) is 0.592. The van der Waals surface area contributed by atoms with E-state index in [9.17, 15) is 14.0 Å². The lowest BCUT2D eigenvalue weighted by atomic mass is 10.1. The molecular weight excluding hydrogens is 309 g/mol. The molecule has 0 heterocycles. The van der Waals surface area contributed by atoms with Gasteiger partial charge in [0.25, 0.3) is 0 Å². The third-order valence-corrected chi connectivity index (χ3v) is 3.12. The fourth-order valence-electron chi connectivity index (χ4n) is 1.85. The molecule has 114 valence electrons. The molecule has 0 radical (unpaired) electrons. The number of carbonyl (C=O) groups is 2. The van der Waals surface area contributed by atoms with Gasteiger partial charge in [0.2, 0.25) is 5.91 Å². The van der Waals surface area contributed by atoms with Crippen LogP contribution in [-0.4, -0.2) is 11.9 Å². The van der Waals surface area contributed by atoms with Gasteiger partial charge in [-0.15, -0.1) is 0 Å². The molecule has 2 aromatic carbocycles. The van der Waals surface area contributed by atoms with E-state index in [1.54, 1.807) is 18.2 Å². The first-order chi connectivity index (χ1) is 10.5. The van der Waals surface area contributed by atoms with Crippen LogP contribution in [0.15, 0.2) is 42.5 Å². The maximum Gasteiger partial charge on any atom is 0.315 e. The molecule has 0 unspecified atom stereocenters. The monoisotopic (exact) mass is 321 g/mol. The summed E-state index contributed by atoms with van der Waals surface area (Å²) in [6.07, 6.45) is -0.282. The van der Waals surface area contributed by atoms with Gasteiger partial charge in [-0.2, -0.15) is 0 Å². The van der Waals surface area contributed by atoms with Crippen LogP contribution in [0.2, 0.25) is 5.02 Å². The van der Waals surface area contributed by atoms with Gasteiger partial charge >= 0.3 is 5.97 Å². The fourth-order valence-corrected chi connectivity index (χ4v) is 2.08. The Labute approximate surface area is 131 Å². The molecule has 0 fully saturated rings. The van der Waals surface area contributed by atoms with Crippen LogP contribution >= 0.6 is 11.6 Å². The Morgan fingerprint density at radius 1 is 1.23 bits per heavy atom. The molecule has 0 saturated heterocycles. The summed E-state index contributed by atoms with van der Waals surface area (Å²) in [6, 6.07) is 10.5. The van der Waals surface area contributed by atoms with Crippen molar-refractivity contribution in [2.45, 2.75) is 13.3 Å². The number of amides is 1. The van der Waals surface area contributed by atoms with Gasteiger partial charge in [-0.1, -0.05) is 23.7 Å². The first-order valence-electron chi connectivity index (χ1n) is 6.47. The zero-order chi connectivity index (χ0) is 16.1. The molecule has 6 heteroatoms. The van der Waals surface area contributed by atoms with Gasteiger partial charge in [-0.3, -0.25) is 9.59 Å². The summed E-state index contributed by atoms with van der Waals surface area (Å²) >= 11 is 5.86. The van der Waals surface area contributed by atoms with E-state index in [0.29, 0.717) is 5.69 Å². The van der Waals surface area contributed by atoms with Crippen LogP contribution in [0.5, 0.6) is 5.75 Å². The normalized spacial score (nSPS) is 10.1. The standard InChI is InChI=1S/C16H13ClFNO3/c1-10(20)19-11-4-2-5-12(8-11)22-16(21)9-13-14(17)6-3-7-15(13)18/h2-8H,9H2,1H3,(H,19,20). The van der Waals surface area contributed by atoms with E-state index in [2.05, 4.69) is 5.32 Å². The lowest BCUT2D eigenvalue weighted by Gasteiger charge is -2.08. The first-order valence-corrected chi connectivity index (χ1v) is 6.84. The zero-order valence-electron chi connectivity index (χ0n) is 11.7. The highest BCUT2D eigenvalue weighted by atomic mass is 35.5. The van der Waals surface area contributed by atoms with Crippen LogP contribution in [0.1, 0.15) is 12.5 Å². The summed E-state index contributed by atoms with van der Waals surface area (Å²) < 4.78 is 18.8. The third kappa shape index (κ3) is 4.30. The average Bonchev–Trinajstić information content (AvgIpc) is 2.42. The van der Waals surface area contributed by atoms with Crippen molar-refractivity contribution in [3.63, 3.8) is 0 Å². The summed E-state index contributed by atoms with van der Waals surface area (Å²) in [4.78, 5) is 22.9. The molecule has 4 nitrogen and oxygen atoms in total. The third-order valence-electron chi connectivity index (χ3n) is 2.77. The van der Waals surface area contributed by atoms with Gasteiger partial charge in [-0.25, -0.2) is 4.39 Å². The summed E-state index contributed by atoms with van der Waals surface area (Å²) in [7, 11) is 0. The summed E-state index contributed by atoms with van der Waals surface area (Å²) in [6.45, 7) is 1.37. The van der Waals surface area contributed by atoms with E-state index in [4.69, 9.17) is 16.3 Å².